The van der Waals surface area contributed by atoms with Crippen LogP contribution < -0.4 is 5.73 Å². The minimum absolute atomic E-state index is 0.00813. The Morgan fingerprint density at radius 2 is 1.91 bits per heavy atom. The molecule has 5 aliphatic carbocycles. The number of primary amides is 1. The number of allylic oxidation sites excluding steroid dienone is 2. The summed E-state index contributed by atoms with van der Waals surface area (Å²) >= 11 is 0. The van der Waals surface area contributed by atoms with Gasteiger partial charge < -0.3 is 5.73 Å². The molecule has 120 valence electrons. The van der Waals surface area contributed by atoms with Gasteiger partial charge in [-0.05, 0) is 80.6 Å². The molecular weight excluding hydrogens is 272 g/mol. The van der Waals surface area contributed by atoms with Gasteiger partial charge in [-0.3, -0.25) is 9.79 Å². The average Bonchev–Trinajstić information content (AvgIpc) is 3.00. The quantitative estimate of drug-likeness (QED) is 0.835. The van der Waals surface area contributed by atoms with Crippen LogP contribution in [0.1, 0.15) is 52.4 Å². The molecule has 0 aliphatic heterocycles. The summed E-state index contributed by atoms with van der Waals surface area (Å²) in [6.45, 7) is 4.54. The van der Waals surface area contributed by atoms with Gasteiger partial charge in [0.25, 0.3) is 0 Å². The molecule has 3 nitrogen and oxygen atoms in total. The second-order valence-corrected chi connectivity index (χ2v) is 8.35. The number of carbonyl (C=O) groups is 1. The average molecular weight is 300 g/mol. The molecule has 3 saturated carbocycles. The molecule has 5 aliphatic rings. The molecular formula is C19H28N2O. The first-order valence-electron chi connectivity index (χ1n) is 9.08. The van der Waals surface area contributed by atoms with Crippen LogP contribution in [-0.2, 0) is 4.79 Å². The lowest BCUT2D eigenvalue weighted by Crippen LogP contribution is -2.38. The lowest BCUT2D eigenvalue weighted by atomic mass is 9.67. The van der Waals surface area contributed by atoms with Crippen LogP contribution in [0.15, 0.2) is 16.6 Å². The number of fused-ring (bicyclic) bond motifs is 5. The Morgan fingerprint density at radius 3 is 2.64 bits per heavy atom. The molecule has 0 saturated heterocycles. The van der Waals surface area contributed by atoms with Crippen molar-refractivity contribution in [3.63, 3.8) is 0 Å². The molecule has 0 aromatic carbocycles. The molecule has 22 heavy (non-hydrogen) atoms. The van der Waals surface area contributed by atoms with Gasteiger partial charge in [-0.25, -0.2) is 0 Å². The summed E-state index contributed by atoms with van der Waals surface area (Å²) in [7, 11) is 0. The molecule has 3 fully saturated rings. The van der Waals surface area contributed by atoms with E-state index in [-0.39, 0.29) is 17.9 Å². The minimum atomic E-state index is -0.121. The van der Waals surface area contributed by atoms with Crippen molar-refractivity contribution in [2.75, 3.05) is 0 Å². The first-order chi connectivity index (χ1) is 10.5. The molecule has 0 aromatic heterocycles. The van der Waals surface area contributed by atoms with E-state index in [1.165, 1.54) is 43.4 Å². The molecule has 0 heterocycles. The van der Waals surface area contributed by atoms with Crippen LogP contribution in [0.3, 0.4) is 0 Å². The monoisotopic (exact) mass is 300 g/mol. The molecule has 5 atom stereocenters. The van der Waals surface area contributed by atoms with Crippen molar-refractivity contribution in [1.82, 2.24) is 0 Å². The van der Waals surface area contributed by atoms with Crippen molar-refractivity contribution >= 4 is 11.6 Å². The van der Waals surface area contributed by atoms with Crippen LogP contribution in [-0.4, -0.2) is 17.7 Å². The second kappa shape index (κ2) is 5.21. The molecule has 5 unspecified atom stereocenters. The van der Waals surface area contributed by atoms with Gasteiger partial charge in [0.05, 0.1) is 12.0 Å². The normalized spacial score (nSPS) is 48.5. The Kier molecular flexibility index (Phi) is 3.43. The lowest BCUT2D eigenvalue weighted by molar-refractivity contribution is -0.123. The van der Waals surface area contributed by atoms with Gasteiger partial charge >= 0.3 is 0 Å². The van der Waals surface area contributed by atoms with Crippen molar-refractivity contribution in [2.45, 2.75) is 58.4 Å². The zero-order chi connectivity index (χ0) is 15.4. The van der Waals surface area contributed by atoms with Crippen molar-refractivity contribution in [3.8, 4) is 0 Å². The minimum Gasteiger partial charge on any atom is -0.369 e. The summed E-state index contributed by atoms with van der Waals surface area (Å²) in [5.74, 6) is 3.15. The summed E-state index contributed by atoms with van der Waals surface area (Å²) in [4.78, 5) is 17.1. The molecule has 5 rings (SSSR count). The molecule has 3 heteroatoms. The van der Waals surface area contributed by atoms with E-state index < -0.39 is 0 Å². The lowest BCUT2D eigenvalue weighted by Gasteiger charge is -2.39. The highest BCUT2D eigenvalue weighted by atomic mass is 16.1. The van der Waals surface area contributed by atoms with E-state index in [1.54, 1.807) is 0 Å². The molecule has 4 bridgehead atoms. The van der Waals surface area contributed by atoms with Crippen molar-refractivity contribution < 1.29 is 4.79 Å². The van der Waals surface area contributed by atoms with Gasteiger partial charge in [-0.1, -0.05) is 13.0 Å². The third-order valence-corrected chi connectivity index (χ3v) is 6.80. The highest BCUT2D eigenvalue weighted by molar-refractivity contribution is 6.01. The van der Waals surface area contributed by atoms with E-state index in [9.17, 15) is 4.79 Å². The van der Waals surface area contributed by atoms with E-state index >= 15 is 0 Å². The van der Waals surface area contributed by atoms with Gasteiger partial charge in [0.2, 0.25) is 5.91 Å². The molecule has 0 spiro atoms. The number of hydrogen-bond donors (Lipinski definition) is 1. The van der Waals surface area contributed by atoms with Crippen LogP contribution in [0.2, 0.25) is 0 Å². The fourth-order valence-electron chi connectivity index (χ4n) is 5.79. The molecule has 0 aromatic rings. The highest BCUT2D eigenvalue weighted by Gasteiger charge is 2.50. The summed E-state index contributed by atoms with van der Waals surface area (Å²) < 4.78 is 0. The van der Waals surface area contributed by atoms with Gasteiger partial charge in [-0.2, -0.15) is 0 Å². The van der Waals surface area contributed by atoms with Crippen molar-refractivity contribution in [2.24, 2.45) is 46.2 Å². The molecule has 2 N–H and O–H groups in total. The van der Waals surface area contributed by atoms with E-state index in [0.717, 1.165) is 18.3 Å². The zero-order valence-corrected chi connectivity index (χ0v) is 13.8. The maximum Gasteiger partial charge on any atom is 0.222 e. The van der Waals surface area contributed by atoms with Gasteiger partial charge in [-0.15, -0.1) is 0 Å². The maximum absolute atomic E-state index is 11.9. The number of nitrogens with two attached hydrogens (primary N) is 1. The Balaban J connectivity index is 1.66. The standard InChI is InChI=1S/C19H28N2O/c1-10-5-12-7-13(8-12)6-11(2)17(10)21-18-15-4-3-14(9-15)16(18)19(20)22/h5,11-16,18H,3-4,6-9H2,1-2H3,(H2,20,22). The zero-order valence-electron chi connectivity index (χ0n) is 13.8. The maximum atomic E-state index is 11.9. The summed E-state index contributed by atoms with van der Waals surface area (Å²) in [6, 6.07) is 0.160. The largest absolute Gasteiger partial charge is 0.369 e. The van der Waals surface area contributed by atoms with Crippen LogP contribution in [0.5, 0.6) is 0 Å². The number of carbonyl (C=O) groups excluding carboxylic acids is 1. The van der Waals surface area contributed by atoms with E-state index in [0.29, 0.717) is 17.8 Å². The number of nitrogens with zero attached hydrogens (tertiary/aromatic N) is 1. The Hall–Kier alpha value is -1.12. The second-order valence-electron chi connectivity index (χ2n) is 8.35. The van der Waals surface area contributed by atoms with Gasteiger partial charge in [0.15, 0.2) is 0 Å². The summed E-state index contributed by atoms with van der Waals surface area (Å²) in [6.07, 6.45) is 10.0. The number of rotatable bonds is 2. The molecule has 0 radical (unpaired) electrons. The van der Waals surface area contributed by atoms with E-state index in [1.807, 2.05) is 0 Å². The van der Waals surface area contributed by atoms with Crippen molar-refractivity contribution in [3.05, 3.63) is 11.6 Å². The van der Waals surface area contributed by atoms with Crippen LogP contribution >= 0.6 is 0 Å². The topological polar surface area (TPSA) is 55.4 Å². The van der Waals surface area contributed by atoms with Crippen molar-refractivity contribution in [1.29, 1.82) is 0 Å². The van der Waals surface area contributed by atoms with Crippen LogP contribution in [0.25, 0.3) is 0 Å². The van der Waals surface area contributed by atoms with Gasteiger partial charge in [0, 0.05) is 5.71 Å². The van der Waals surface area contributed by atoms with Crippen LogP contribution in [0, 0.1) is 35.5 Å². The van der Waals surface area contributed by atoms with E-state index in [2.05, 4.69) is 19.9 Å². The third kappa shape index (κ3) is 2.24. The predicted octanol–water partition coefficient (Wildman–Crippen LogP) is 3.34. The summed E-state index contributed by atoms with van der Waals surface area (Å²) in [5, 5.41) is 0. The Labute approximate surface area is 133 Å². The smallest absolute Gasteiger partial charge is 0.222 e. The fourth-order valence-corrected chi connectivity index (χ4v) is 5.79. The Morgan fingerprint density at radius 1 is 1.18 bits per heavy atom. The van der Waals surface area contributed by atoms with Gasteiger partial charge in [0.1, 0.15) is 0 Å². The molecule has 1 amide bonds. The highest BCUT2D eigenvalue weighted by Crippen LogP contribution is 2.50. The third-order valence-electron chi connectivity index (χ3n) is 6.80. The first-order valence-corrected chi connectivity index (χ1v) is 9.08. The summed E-state index contributed by atoms with van der Waals surface area (Å²) in [5.41, 5.74) is 8.35. The van der Waals surface area contributed by atoms with E-state index in [4.69, 9.17) is 10.7 Å². The first kappa shape index (κ1) is 14.5. The predicted molar refractivity (Wildman–Crippen MR) is 88.5 cm³/mol. The fraction of sp³-hybridized carbons (Fsp3) is 0.789. The number of amides is 1. The number of aliphatic imine (C=N–C) groups is 1. The van der Waals surface area contributed by atoms with Crippen LogP contribution in [0.4, 0.5) is 0 Å². The Bertz CT molecular complexity index is 544. The number of hydrogen-bond acceptors (Lipinski definition) is 2. The SMILES string of the molecule is CC1=CC2CC(C2)CC(C)C1=NC1C2CCC(C2)C1C(N)=O.